The van der Waals surface area contributed by atoms with Crippen molar-refractivity contribution in [3.63, 3.8) is 0 Å². The third kappa shape index (κ3) is 4.43. The Morgan fingerprint density at radius 2 is 2.00 bits per heavy atom. The number of carbonyl (C=O) groups excluding carboxylic acids is 2. The molecule has 1 aliphatic rings. The Morgan fingerprint density at radius 3 is 2.62 bits per heavy atom. The molecule has 1 aliphatic heterocycles. The molecule has 4 heterocycles. The van der Waals surface area contributed by atoms with Gasteiger partial charge in [0.2, 0.25) is 5.78 Å². The van der Waals surface area contributed by atoms with Crippen LogP contribution in [-0.4, -0.2) is 98.1 Å². The minimum absolute atomic E-state index is 0.117. The van der Waals surface area contributed by atoms with Crippen LogP contribution in [0.15, 0.2) is 11.1 Å². The lowest BCUT2D eigenvalue weighted by atomic mass is 10.1. The van der Waals surface area contributed by atoms with Gasteiger partial charge in [-0.1, -0.05) is 0 Å². The zero-order valence-corrected chi connectivity index (χ0v) is 21.1. The number of aromatic nitrogens is 5. The first-order valence-electron chi connectivity index (χ1n) is 11.5. The fourth-order valence-electron chi connectivity index (χ4n) is 4.72. The number of aryl methyl sites for hydroxylation is 3. The summed E-state index contributed by atoms with van der Waals surface area (Å²) in [5, 5.41) is 22.5. The predicted molar refractivity (Wildman–Crippen MR) is 126 cm³/mol. The van der Waals surface area contributed by atoms with Crippen LogP contribution >= 0.6 is 0 Å². The van der Waals surface area contributed by atoms with Crippen molar-refractivity contribution < 1.29 is 38.7 Å². The number of methoxy groups -OCH3 is 3. The second-order valence-corrected chi connectivity index (χ2v) is 8.66. The zero-order chi connectivity index (χ0) is 27.0. The average Bonchev–Trinajstić information content (AvgIpc) is 3.57. The van der Waals surface area contributed by atoms with Crippen LogP contribution in [-0.2, 0) is 37.2 Å². The number of hydrogen-bond donors (Lipinski definition) is 3. The molecule has 37 heavy (non-hydrogen) atoms. The van der Waals surface area contributed by atoms with E-state index in [0.717, 1.165) is 0 Å². The Morgan fingerprint density at radius 1 is 1.27 bits per heavy atom. The smallest absolute Gasteiger partial charge is 0.407 e. The number of fused-ring (bicyclic) bond motifs is 2. The van der Waals surface area contributed by atoms with E-state index in [1.165, 1.54) is 32.1 Å². The van der Waals surface area contributed by atoms with Gasteiger partial charge < -0.3 is 34.5 Å². The van der Waals surface area contributed by atoms with Gasteiger partial charge in [0.05, 0.1) is 38.5 Å². The largest absolute Gasteiger partial charge is 0.467 e. The van der Waals surface area contributed by atoms with Gasteiger partial charge in [-0.15, -0.1) is 0 Å². The number of carbonyl (C=O) groups is 2. The van der Waals surface area contributed by atoms with Crippen LogP contribution in [0.4, 0.5) is 4.79 Å². The van der Waals surface area contributed by atoms with Crippen LogP contribution in [0.3, 0.4) is 0 Å². The second-order valence-electron chi connectivity index (χ2n) is 8.66. The van der Waals surface area contributed by atoms with Crippen molar-refractivity contribution in [1.82, 2.24) is 28.8 Å². The molecule has 3 N–H and O–H groups in total. The first-order chi connectivity index (χ1) is 17.7. The molecular weight excluding hydrogens is 492 g/mol. The summed E-state index contributed by atoms with van der Waals surface area (Å²) in [6, 6.07) is -0.995. The van der Waals surface area contributed by atoms with E-state index in [9.17, 15) is 24.6 Å². The monoisotopic (exact) mass is 522 g/mol. The van der Waals surface area contributed by atoms with Gasteiger partial charge in [0.1, 0.15) is 24.4 Å². The number of ether oxygens (including phenoxy) is 4. The summed E-state index contributed by atoms with van der Waals surface area (Å²) in [6.07, 6.45) is -2.65. The highest BCUT2D eigenvalue weighted by molar-refractivity contribution is 5.81. The molecule has 1 saturated heterocycles. The molecule has 202 valence electrons. The van der Waals surface area contributed by atoms with Crippen LogP contribution in [0.2, 0.25) is 0 Å². The zero-order valence-electron chi connectivity index (χ0n) is 21.1. The predicted octanol–water partition coefficient (Wildman–Crippen LogP) is -1.21. The van der Waals surface area contributed by atoms with E-state index in [2.05, 4.69) is 20.0 Å². The van der Waals surface area contributed by atoms with E-state index in [4.69, 9.17) is 14.2 Å². The van der Waals surface area contributed by atoms with Crippen molar-refractivity contribution in [3.8, 4) is 0 Å². The first kappa shape index (κ1) is 26.5. The third-order valence-electron chi connectivity index (χ3n) is 6.62. The SMILES string of the molecule is COC(=O)N[C@@H](CCc1c(C)nc2n(C)c3c(ncn3[C@@H]3O[C@H](CO)[C@@H](O)[C@H]3OC)c(=O)n12)C(=O)OC. The first-order valence-corrected chi connectivity index (χ1v) is 11.5. The van der Waals surface area contributed by atoms with Crippen molar-refractivity contribution in [2.45, 2.75) is 50.3 Å². The third-order valence-corrected chi connectivity index (χ3v) is 6.62. The molecule has 5 atom stereocenters. The number of esters is 1. The summed E-state index contributed by atoms with van der Waals surface area (Å²) < 4.78 is 25.2. The van der Waals surface area contributed by atoms with Crippen molar-refractivity contribution in [2.75, 3.05) is 27.9 Å². The molecule has 1 amide bonds. The molecule has 0 spiro atoms. The van der Waals surface area contributed by atoms with Gasteiger partial charge in [-0.25, -0.2) is 24.0 Å². The lowest BCUT2D eigenvalue weighted by Gasteiger charge is -2.21. The number of amides is 1. The normalized spacial score (nSPS) is 22.5. The molecule has 0 unspecified atom stereocenters. The summed E-state index contributed by atoms with van der Waals surface area (Å²) in [7, 11) is 5.52. The second kappa shape index (κ2) is 10.5. The Hall–Kier alpha value is -3.53. The highest BCUT2D eigenvalue weighted by Crippen LogP contribution is 2.33. The summed E-state index contributed by atoms with van der Waals surface area (Å²) in [4.78, 5) is 46.3. The molecule has 0 radical (unpaired) electrons. The van der Waals surface area contributed by atoms with Crippen LogP contribution in [0.1, 0.15) is 24.0 Å². The van der Waals surface area contributed by atoms with Gasteiger partial charge in [-0.2, -0.15) is 0 Å². The Bertz CT molecular complexity index is 1380. The van der Waals surface area contributed by atoms with Crippen molar-refractivity contribution in [1.29, 1.82) is 0 Å². The topological polar surface area (TPSA) is 181 Å². The summed E-state index contributed by atoms with van der Waals surface area (Å²) >= 11 is 0. The van der Waals surface area contributed by atoms with Crippen molar-refractivity contribution in [3.05, 3.63) is 28.1 Å². The quantitative estimate of drug-likeness (QED) is 0.302. The lowest BCUT2D eigenvalue weighted by Crippen LogP contribution is -2.41. The Kier molecular flexibility index (Phi) is 7.49. The lowest BCUT2D eigenvalue weighted by molar-refractivity contribution is -0.143. The standard InChI is InChI=1S/C22H30N6O9/c1-10-12(7-6-11(20(32)35-4)25-22(33)36-5)28-18(31)14-17(26(2)21(28)24-10)27(9-23-14)19-16(34-3)15(30)13(8-29)37-19/h9,11,13,15-16,19,29-30H,6-8H2,1-5H3,(H,25,33)/t11-,13+,15+,16+,19+/m0/s1. The van der Waals surface area contributed by atoms with Crippen LogP contribution in [0.5, 0.6) is 0 Å². The van der Waals surface area contributed by atoms with Gasteiger partial charge >= 0.3 is 12.1 Å². The highest BCUT2D eigenvalue weighted by atomic mass is 16.6. The minimum Gasteiger partial charge on any atom is -0.467 e. The Labute approximate surface area is 210 Å². The maximum absolute atomic E-state index is 13.6. The van der Waals surface area contributed by atoms with E-state index < -0.39 is 54.8 Å². The number of hydrogen-bond acceptors (Lipinski definition) is 11. The number of rotatable bonds is 8. The minimum atomic E-state index is -1.08. The fourth-order valence-corrected chi connectivity index (χ4v) is 4.72. The fraction of sp³-hybridized carbons (Fsp3) is 0.591. The van der Waals surface area contributed by atoms with Crippen molar-refractivity contribution >= 4 is 29.0 Å². The van der Waals surface area contributed by atoms with Gasteiger partial charge in [0, 0.05) is 14.2 Å². The van der Waals surface area contributed by atoms with Gasteiger partial charge in [-0.05, 0) is 19.8 Å². The van der Waals surface area contributed by atoms with E-state index >= 15 is 0 Å². The molecule has 0 aromatic carbocycles. The van der Waals surface area contributed by atoms with E-state index in [-0.39, 0.29) is 18.4 Å². The van der Waals surface area contributed by atoms with E-state index in [1.54, 1.807) is 23.1 Å². The molecule has 0 aliphatic carbocycles. The van der Waals surface area contributed by atoms with Crippen LogP contribution in [0.25, 0.3) is 16.9 Å². The molecule has 1 fully saturated rings. The summed E-state index contributed by atoms with van der Waals surface area (Å²) in [5.74, 6) is -0.341. The summed E-state index contributed by atoms with van der Waals surface area (Å²) in [6.45, 7) is 1.32. The van der Waals surface area contributed by atoms with Crippen LogP contribution < -0.4 is 10.9 Å². The van der Waals surface area contributed by atoms with Crippen LogP contribution in [0, 0.1) is 6.92 Å². The van der Waals surface area contributed by atoms with Gasteiger partial charge in [-0.3, -0.25) is 13.9 Å². The van der Waals surface area contributed by atoms with E-state index in [1.807, 2.05) is 0 Å². The van der Waals surface area contributed by atoms with Gasteiger partial charge in [0.25, 0.3) is 5.56 Å². The number of aliphatic hydroxyl groups excluding tert-OH is 2. The highest BCUT2D eigenvalue weighted by Gasteiger charge is 2.45. The molecule has 4 rings (SSSR count). The molecule has 15 nitrogen and oxygen atoms in total. The summed E-state index contributed by atoms with van der Waals surface area (Å²) in [5.41, 5.74) is 1.14. The number of nitrogens with one attached hydrogen (secondary N) is 1. The van der Waals surface area contributed by atoms with Gasteiger partial charge in [0.15, 0.2) is 17.4 Å². The maximum atomic E-state index is 13.6. The number of nitrogens with zero attached hydrogens (tertiary/aromatic N) is 5. The molecule has 3 aromatic rings. The number of alkyl carbamates (subject to hydrolysis) is 1. The molecule has 15 heteroatoms. The number of imidazole rings is 2. The average molecular weight is 523 g/mol. The molecule has 0 bridgehead atoms. The Balaban J connectivity index is 1.76. The molecular formula is C22H30N6O9. The molecule has 3 aromatic heterocycles. The molecule has 0 saturated carbocycles. The van der Waals surface area contributed by atoms with E-state index in [0.29, 0.717) is 22.8 Å². The van der Waals surface area contributed by atoms with Crippen molar-refractivity contribution in [2.24, 2.45) is 7.05 Å². The number of aliphatic hydroxyl groups is 2. The maximum Gasteiger partial charge on any atom is 0.407 e.